The highest BCUT2D eigenvalue weighted by Gasteiger charge is 2.25. The summed E-state index contributed by atoms with van der Waals surface area (Å²) in [5, 5.41) is 19.6. The second kappa shape index (κ2) is 6.56. The Kier molecular flexibility index (Phi) is 5.08. The first-order valence-electron chi connectivity index (χ1n) is 5.55. The molecule has 0 saturated heterocycles. The van der Waals surface area contributed by atoms with E-state index in [9.17, 15) is 23.7 Å². The van der Waals surface area contributed by atoms with Crippen LogP contribution in [0.25, 0.3) is 0 Å². The molecule has 106 valence electrons. The molecule has 0 aliphatic rings. The first-order chi connectivity index (χ1) is 9.40. The summed E-state index contributed by atoms with van der Waals surface area (Å²) < 4.78 is 30.3. The van der Waals surface area contributed by atoms with Crippen molar-refractivity contribution in [3.63, 3.8) is 0 Å². The highest BCUT2D eigenvalue weighted by molar-refractivity contribution is 5.73. The van der Waals surface area contributed by atoms with Crippen LogP contribution in [0.15, 0.2) is 12.1 Å². The molecule has 1 aromatic rings. The fourth-order valence-electron chi connectivity index (χ4n) is 1.63. The highest BCUT2D eigenvalue weighted by Crippen LogP contribution is 2.31. The smallest absolute Gasteiger partial charge is 0.310 e. The van der Waals surface area contributed by atoms with Crippen molar-refractivity contribution in [2.24, 2.45) is 0 Å². The molecule has 0 spiro atoms. The van der Waals surface area contributed by atoms with E-state index in [1.165, 1.54) is 6.07 Å². The summed E-state index contributed by atoms with van der Waals surface area (Å²) in [5.41, 5.74) is -2.20. The van der Waals surface area contributed by atoms with Crippen molar-refractivity contribution < 1.29 is 23.2 Å². The number of esters is 1. The molecular weight excluding hydrogens is 274 g/mol. The van der Waals surface area contributed by atoms with Crippen molar-refractivity contribution in [3.8, 4) is 6.07 Å². The maximum atomic E-state index is 12.8. The number of halogens is 2. The van der Waals surface area contributed by atoms with Gasteiger partial charge in [0, 0.05) is 11.6 Å². The Morgan fingerprint density at radius 2 is 2.20 bits per heavy atom. The zero-order valence-corrected chi connectivity index (χ0v) is 10.4. The summed E-state index contributed by atoms with van der Waals surface area (Å²) in [6.45, 7) is 1.68. The molecule has 8 heteroatoms. The molecule has 0 amide bonds. The van der Waals surface area contributed by atoms with E-state index in [2.05, 4.69) is 4.74 Å². The van der Waals surface area contributed by atoms with Crippen LogP contribution in [0, 0.1) is 21.4 Å². The highest BCUT2D eigenvalue weighted by atomic mass is 19.3. The van der Waals surface area contributed by atoms with Crippen LogP contribution in [0.2, 0.25) is 0 Å². The van der Waals surface area contributed by atoms with Gasteiger partial charge in [0.1, 0.15) is 11.6 Å². The van der Waals surface area contributed by atoms with Crippen LogP contribution in [-0.2, 0) is 16.0 Å². The van der Waals surface area contributed by atoms with E-state index in [-0.39, 0.29) is 18.6 Å². The average Bonchev–Trinajstić information content (AvgIpc) is 2.37. The molecular formula is C12H10F2N2O4. The Balaban J connectivity index is 3.32. The van der Waals surface area contributed by atoms with Crippen LogP contribution in [0.3, 0.4) is 0 Å². The minimum atomic E-state index is -3.05. The molecule has 0 N–H and O–H groups in total. The van der Waals surface area contributed by atoms with Crippen molar-refractivity contribution in [2.45, 2.75) is 19.8 Å². The van der Waals surface area contributed by atoms with E-state index >= 15 is 0 Å². The Bertz CT molecular complexity index is 582. The summed E-state index contributed by atoms with van der Waals surface area (Å²) in [7, 11) is 0. The number of carbonyl (C=O) groups excluding carboxylic acids is 1. The third-order valence-corrected chi connectivity index (χ3v) is 2.41. The molecule has 0 unspecified atom stereocenters. The topological polar surface area (TPSA) is 93.2 Å². The van der Waals surface area contributed by atoms with Gasteiger partial charge in [0.15, 0.2) is 0 Å². The van der Waals surface area contributed by atoms with E-state index < -0.39 is 34.1 Å². The molecule has 0 bridgehead atoms. The second-order valence-electron chi connectivity index (χ2n) is 3.73. The lowest BCUT2D eigenvalue weighted by Crippen LogP contribution is -2.09. The Labute approximate surface area is 112 Å². The fraction of sp³-hybridized carbons (Fsp3) is 0.333. The van der Waals surface area contributed by atoms with Gasteiger partial charge in [-0.05, 0) is 18.6 Å². The monoisotopic (exact) mass is 284 g/mol. The van der Waals surface area contributed by atoms with Crippen molar-refractivity contribution in [2.75, 3.05) is 6.61 Å². The molecule has 0 aliphatic carbocycles. The van der Waals surface area contributed by atoms with Gasteiger partial charge in [-0.25, -0.2) is 8.78 Å². The van der Waals surface area contributed by atoms with Crippen LogP contribution in [0.5, 0.6) is 0 Å². The minimum absolute atomic E-state index is 0.00412. The van der Waals surface area contributed by atoms with Gasteiger partial charge in [-0.15, -0.1) is 0 Å². The molecule has 20 heavy (non-hydrogen) atoms. The van der Waals surface area contributed by atoms with Crippen LogP contribution in [0.1, 0.15) is 30.0 Å². The number of benzene rings is 1. The predicted molar refractivity (Wildman–Crippen MR) is 63.1 cm³/mol. The Hall–Kier alpha value is -2.56. The number of alkyl halides is 2. The lowest BCUT2D eigenvalue weighted by molar-refractivity contribution is -0.385. The van der Waals surface area contributed by atoms with Crippen LogP contribution in [-0.4, -0.2) is 17.5 Å². The summed E-state index contributed by atoms with van der Waals surface area (Å²) in [5.74, 6) is -0.688. The number of hydrogen-bond acceptors (Lipinski definition) is 5. The number of nitro groups is 1. The van der Waals surface area contributed by atoms with Gasteiger partial charge in [-0.3, -0.25) is 14.9 Å². The number of carbonyl (C=O) groups is 1. The Morgan fingerprint density at radius 3 is 2.65 bits per heavy atom. The SMILES string of the molecule is CCOC(=O)Cc1cc(C(F)F)c(C#N)c([N+](=O)[O-])c1. The van der Waals surface area contributed by atoms with Crippen LogP contribution >= 0.6 is 0 Å². The number of rotatable bonds is 5. The van der Waals surface area contributed by atoms with Gasteiger partial charge in [0.05, 0.1) is 18.0 Å². The van der Waals surface area contributed by atoms with Gasteiger partial charge in [0.25, 0.3) is 12.1 Å². The largest absolute Gasteiger partial charge is 0.466 e. The molecule has 1 aromatic carbocycles. The van der Waals surface area contributed by atoms with Gasteiger partial charge in [0.2, 0.25) is 0 Å². The molecule has 6 nitrogen and oxygen atoms in total. The summed E-state index contributed by atoms with van der Waals surface area (Å²) in [6, 6.07) is 3.24. The molecule has 0 fully saturated rings. The van der Waals surface area contributed by atoms with E-state index in [0.29, 0.717) is 0 Å². The third kappa shape index (κ3) is 3.47. The zero-order chi connectivity index (χ0) is 15.3. The second-order valence-corrected chi connectivity index (χ2v) is 3.73. The third-order valence-electron chi connectivity index (χ3n) is 2.41. The molecule has 0 heterocycles. The Morgan fingerprint density at radius 1 is 1.55 bits per heavy atom. The van der Waals surface area contributed by atoms with Crippen molar-refractivity contribution in [1.29, 1.82) is 5.26 Å². The quantitative estimate of drug-likeness (QED) is 0.470. The van der Waals surface area contributed by atoms with Gasteiger partial charge in [-0.1, -0.05) is 0 Å². The number of ether oxygens (including phenoxy) is 1. The number of nitriles is 1. The molecule has 0 aromatic heterocycles. The zero-order valence-electron chi connectivity index (χ0n) is 10.4. The summed E-state index contributed by atoms with van der Waals surface area (Å²) >= 11 is 0. The average molecular weight is 284 g/mol. The van der Waals surface area contributed by atoms with E-state index in [1.807, 2.05) is 0 Å². The minimum Gasteiger partial charge on any atom is -0.466 e. The van der Waals surface area contributed by atoms with Gasteiger partial charge >= 0.3 is 5.97 Å². The van der Waals surface area contributed by atoms with E-state index in [1.54, 1.807) is 6.92 Å². The number of hydrogen-bond donors (Lipinski definition) is 0. The lowest BCUT2D eigenvalue weighted by atomic mass is 10.0. The summed E-state index contributed by atoms with van der Waals surface area (Å²) in [6.07, 6.45) is -3.43. The molecule has 1 rings (SSSR count). The standard InChI is InChI=1S/C12H10F2N2O4/c1-2-20-11(17)5-7-3-8(12(13)14)9(6-15)10(4-7)16(18)19/h3-4,12H,2,5H2,1H3. The van der Waals surface area contributed by atoms with Gasteiger partial charge < -0.3 is 4.74 Å². The molecule has 0 radical (unpaired) electrons. The van der Waals surface area contributed by atoms with Crippen molar-refractivity contribution in [3.05, 3.63) is 38.9 Å². The van der Waals surface area contributed by atoms with Crippen LogP contribution < -0.4 is 0 Å². The normalized spacial score (nSPS) is 10.2. The number of nitro benzene ring substituents is 1. The van der Waals surface area contributed by atoms with E-state index in [4.69, 9.17) is 5.26 Å². The lowest BCUT2D eigenvalue weighted by Gasteiger charge is -2.07. The molecule has 0 aliphatic heterocycles. The molecule has 0 saturated carbocycles. The fourth-order valence-corrected chi connectivity index (χ4v) is 1.63. The van der Waals surface area contributed by atoms with Crippen molar-refractivity contribution >= 4 is 11.7 Å². The van der Waals surface area contributed by atoms with E-state index in [0.717, 1.165) is 12.1 Å². The maximum absolute atomic E-state index is 12.8. The first kappa shape index (κ1) is 15.5. The number of nitrogens with zero attached hydrogens (tertiary/aromatic N) is 2. The van der Waals surface area contributed by atoms with Crippen molar-refractivity contribution in [1.82, 2.24) is 0 Å². The summed E-state index contributed by atoms with van der Waals surface area (Å²) in [4.78, 5) is 21.2. The molecule has 0 atom stereocenters. The van der Waals surface area contributed by atoms with Gasteiger partial charge in [-0.2, -0.15) is 5.26 Å². The predicted octanol–water partition coefficient (Wildman–Crippen LogP) is 2.51. The van der Waals surface area contributed by atoms with Crippen LogP contribution in [0.4, 0.5) is 14.5 Å². The first-order valence-corrected chi connectivity index (χ1v) is 5.55. The maximum Gasteiger partial charge on any atom is 0.310 e.